The van der Waals surface area contributed by atoms with Gasteiger partial charge in [-0.1, -0.05) is 42.5 Å². The fourth-order valence-electron chi connectivity index (χ4n) is 3.48. The van der Waals surface area contributed by atoms with Gasteiger partial charge in [-0.3, -0.25) is 9.59 Å². The lowest BCUT2D eigenvalue weighted by Crippen LogP contribution is -2.28. The van der Waals surface area contributed by atoms with Gasteiger partial charge in [0, 0.05) is 30.5 Å². The van der Waals surface area contributed by atoms with Gasteiger partial charge in [0.2, 0.25) is 11.8 Å². The Balaban J connectivity index is 1.39. The molecule has 0 spiro atoms. The topological polar surface area (TPSA) is 62.3 Å². The number of benzene rings is 2. The molecule has 1 saturated heterocycles. The average molecular weight is 406 g/mol. The summed E-state index contributed by atoms with van der Waals surface area (Å²) in [6, 6.07) is 16.1. The van der Waals surface area contributed by atoms with Gasteiger partial charge in [0.1, 0.15) is 0 Å². The molecule has 1 aliphatic heterocycles. The second-order valence-corrected chi connectivity index (χ2v) is 8.35. The van der Waals surface area contributed by atoms with E-state index in [4.69, 9.17) is 0 Å². The highest BCUT2D eigenvalue weighted by atomic mass is 32.1. The smallest absolute Gasteiger partial charge is 0.231 e. The SMILES string of the molecule is Cc1ccc(-c2csc(NC(=O)C3CC(=O)N(Cc4ccccc4)C3)n2)cc1C. The van der Waals surface area contributed by atoms with Crippen molar-refractivity contribution in [2.24, 2.45) is 5.92 Å². The number of anilines is 1. The van der Waals surface area contributed by atoms with Crippen molar-refractivity contribution in [1.29, 1.82) is 0 Å². The summed E-state index contributed by atoms with van der Waals surface area (Å²) in [4.78, 5) is 31.3. The number of aryl methyl sites for hydroxylation is 2. The van der Waals surface area contributed by atoms with E-state index in [9.17, 15) is 9.59 Å². The third-order valence-corrected chi connectivity index (χ3v) is 6.10. The number of thiazole rings is 1. The zero-order valence-corrected chi connectivity index (χ0v) is 17.3. The van der Waals surface area contributed by atoms with Crippen LogP contribution in [0.2, 0.25) is 0 Å². The van der Waals surface area contributed by atoms with Gasteiger partial charge < -0.3 is 10.2 Å². The van der Waals surface area contributed by atoms with Crippen molar-refractivity contribution in [2.75, 3.05) is 11.9 Å². The Morgan fingerprint density at radius 2 is 1.97 bits per heavy atom. The van der Waals surface area contributed by atoms with Crippen LogP contribution >= 0.6 is 11.3 Å². The van der Waals surface area contributed by atoms with Crippen LogP contribution in [-0.4, -0.2) is 28.2 Å². The zero-order valence-electron chi connectivity index (χ0n) is 16.5. The minimum absolute atomic E-state index is 0.0176. The highest BCUT2D eigenvalue weighted by Crippen LogP contribution is 2.28. The minimum atomic E-state index is -0.347. The number of hydrogen-bond acceptors (Lipinski definition) is 4. The van der Waals surface area contributed by atoms with Crippen molar-refractivity contribution >= 4 is 28.3 Å². The summed E-state index contributed by atoms with van der Waals surface area (Å²) >= 11 is 1.40. The molecule has 0 radical (unpaired) electrons. The van der Waals surface area contributed by atoms with Crippen LogP contribution in [0.1, 0.15) is 23.1 Å². The Bertz CT molecular complexity index is 1050. The molecule has 1 fully saturated rings. The number of likely N-dealkylation sites (tertiary alicyclic amines) is 1. The predicted molar refractivity (Wildman–Crippen MR) is 116 cm³/mol. The molecule has 29 heavy (non-hydrogen) atoms. The molecule has 1 unspecified atom stereocenters. The van der Waals surface area contributed by atoms with Gasteiger partial charge in [-0.2, -0.15) is 0 Å². The minimum Gasteiger partial charge on any atom is -0.338 e. The van der Waals surface area contributed by atoms with Crippen molar-refractivity contribution in [3.05, 3.63) is 70.6 Å². The average Bonchev–Trinajstić information content (AvgIpc) is 3.32. The number of amides is 2. The van der Waals surface area contributed by atoms with Gasteiger partial charge in [-0.15, -0.1) is 11.3 Å². The lowest BCUT2D eigenvalue weighted by molar-refractivity contribution is -0.128. The monoisotopic (exact) mass is 405 g/mol. The van der Waals surface area contributed by atoms with Crippen LogP contribution in [0.3, 0.4) is 0 Å². The number of hydrogen-bond donors (Lipinski definition) is 1. The zero-order chi connectivity index (χ0) is 20.4. The third-order valence-electron chi connectivity index (χ3n) is 5.34. The van der Waals surface area contributed by atoms with Gasteiger partial charge in [-0.25, -0.2) is 4.98 Å². The molecule has 1 aromatic heterocycles. The lowest BCUT2D eigenvalue weighted by Gasteiger charge is -2.16. The van der Waals surface area contributed by atoms with E-state index < -0.39 is 0 Å². The van der Waals surface area contributed by atoms with Crippen molar-refractivity contribution < 1.29 is 9.59 Å². The molecule has 1 atom stereocenters. The molecule has 5 nitrogen and oxygen atoms in total. The lowest BCUT2D eigenvalue weighted by atomic mass is 10.1. The maximum atomic E-state index is 12.7. The Kier molecular flexibility index (Phi) is 5.45. The van der Waals surface area contributed by atoms with Crippen molar-refractivity contribution in [1.82, 2.24) is 9.88 Å². The number of carbonyl (C=O) groups excluding carboxylic acids is 2. The fourth-order valence-corrected chi connectivity index (χ4v) is 4.20. The summed E-state index contributed by atoms with van der Waals surface area (Å²) in [6.45, 7) is 5.13. The van der Waals surface area contributed by atoms with Gasteiger partial charge >= 0.3 is 0 Å². The summed E-state index contributed by atoms with van der Waals surface area (Å²) in [5, 5.41) is 5.41. The summed E-state index contributed by atoms with van der Waals surface area (Å²) in [6.07, 6.45) is 0.244. The number of nitrogens with zero attached hydrogens (tertiary/aromatic N) is 2. The normalized spacial score (nSPS) is 16.3. The molecule has 1 N–H and O–H groups in total. The molecule has 0 saturated carbocycles. The number of rotatable bonds is 5. The molecule has 0 aliphatic carbocycles. The molecule has 1 aliphatic rings. The van der Waals surface area contributed by atoms with Crippen molar-refractivity contribution in [3.63, 3.8) is 0 Å². The molecule has 2 heterocycles. The van der Waals surface area contributed by atoms with E-state index in [1.807, 2.05) is 41.8 Å². The van der Waals surface area contributed by atoms with E-state index >= 15 is 0 Å². The largest absolute Gasteiger partial charge is 0.338 e. The molecule has 4 rings (SSSR count). The van der Waals surface area contributed by atoms with Crippen LogP contribution in [0.4, 0.5) is 5.13 Å². The molecule has 3 aromatic rings. The van der Waals surface area contributed by atoms with Crippen LogP contribution in [-0.2, 0) is 16.1 Å². The molecule has 2 aromatic carbocycles. The Morgan fingerprint density at radius 1 is 1.17 bits per heavy atom. The second-order valence-electron chi connectivity index (χ2n) is 7.49. The van der Waals surface area contributed by atoms with Crippen LogP contribution in [0, 0.1) is 19.8 Å². The van der Waals surface area contributed by atoms with E-state index in [0.29, 0.717) is 18.2 Å². The van der Waals surface area contributed by atoms with Crippen LogP contribution in [0.15, 0.2) is 53.9 Å². The summed E-state index contributed by atoms with van der Waals surface area (Å²) < 4.78 is 0. The van der Waals surface area contributed by atoms with Gasteiger partial charge in [0.05, 0.1) is 11.6 Å². The first kappa shape index (κ1) is 19.3. The molecule has 2 amide bonds. The Morgan fingerprint density at radius 3 is 2.72 bits per heavy atom. The first-order valence-corrected chi connectivity index (χ1v) is 10.5. The van der Waals surface area contributed by atoms with E-state index in [2.05, 4.69) is 36.3 Å². The maximum Gasteiger partial charge on any atom is 0.231 e. The predicted octanol–water partition coefficient (Wildman–Crippen LogP) is 4.41. The Hall–Kier alpha value is -2.99. The van der Waals surface area contributed by atoms with Gasteiger partial charge in [-0.05, 0) is 36.6 Å². The second kappa shape index (κ2) is 8.17. The Labute approximate surface area is 174 Å². The molecular weight excluding hydrogens is 382 g/mol. The van der Waals surface area contributed by atoms with E-state index in [1.54, 1.807) is 4.90 Å². The van der Waals surface area contributed by atoms with E-state index in [-0.39, 0.29) is 24.2 Å². The fraction of sp³-hybridized carbons (Fsp3) is 0.261. The summed E-state index contributed by atoms with van der Waals surface area (Å²) in [5.74, 6) is -0.473. The number of aromatic nitrogens is 1. The number of nitrogens with one attached hydrogen (secondary N) is 1. The molecule has 0 bridgehead atoms. The quantitative estimate of drug-likeness (QED) is 0.684. The third kappa shape index (κ3) is 4.38. The molecule has 6 heteroatoms. The highest BCUT2D eigenvalue weighted by Gasteiger charge is 2.34. The first-order chi connectivity index (χ1) is 14.0. The summed E-state index contributed by atoms with van der Waals surface area (Å²) in [5.41, 5.74) is 5.41. The van der Waals surface area contributed by atoms with Gasteiger partial charge in [0.15, 0.2) is 5.13 Å². The van der Waals surface area contributed by atoms with Crippen LogP contribution in [0.25, 0.3) is 11.3 Å². The van der Waals surface area contributed by atoms with Crippen LogP contribution in [0.5, 0.6) is 0 Å². The van der Waals surface area contributed by atoms with E-state index in [1.165, 1.54) is 22.5 Å². The summed E-state index contributed by atoms with van der Waals surface area (Å²) in [7, 11) is 0. The first-order valence-electron chi connectivity index (χ1n) is 9.65. The van der Waals surface area contributed by atoms with Crippen molar-refractivity contribution in [2.45, 2.75) is 26.8 Å². The van der Waals surface area contributed by atoms with Crippen LogP contribution < -0.4 is 5.32 Å². The van der Waals surface area contributed by atoms with E-state index in [0.717, 1.165) is 16.8 Å². The molecule has 148 valence electrons. The maximum absolute atomic E-state index is 12.7. The number of carbonyl (C=O) groups is 2. The highest BCUT2D eigenvalue weighted by molar-refractivity contribution is 7.14. The van der Waals surface area contributed by atoms with Gasteiger partial charge in [0.25, 0.3) is 0 Å². The standard InChI is InChI=1S/C23H23N3O2S/c1-15-8-9-18(10-16(15)2)20-14-29-23(24-20)25-22(28)19-11-21(27)26(13-19)12-17-6-4-3-5-7-17/h3-10,14,19H,11-13H2,1-2H3,(H,24,25,28). The molecular formula is C23H23N3O2S. The van der Waals surface area contributed by atoms with Crippen molar-refractivity contribution in [3.8, 4) is 11.3 Å².